The molecule has 2 aliphatic heterocycles. The van der Waals surface area contributed by atoms with Crippen molar-refractivity contribution in [1.82, 2.24) is 25.2 Å². The quantitative estimate of drug-likeness (QED) is 0.531. The van der Waals surface area contributed by atoms with Gasteiger partial charge in [-0.2, -0.15) is 9.97 Å². The third-order valence-corrected chi connectivity index (χ3v) is 7.61. The van der Waals surface area contributed by atoms with Gasteiger partial charge in [0.1, 0.15) is 5.02 Å². The SMILES string of the molecule is CNc1nc(Cl)c(Cl)c(N2CCN(CCC3CCC(NC(=O)ON4CCOCC4)CC3)CC2)n1. The van der Waals surface area contributed by atoms with Gasteiger partial charge >= 0.3 is 6.09 Å². The summed E-state index contributed by atoms with van der Waals surface area (Å²) in [6.07, 6.45) is 5.16. The van der Waals surface area contributed by atoms with Crippen LogP contribution in [0, 0.1) is 5.92 Å². The number of rotatable bonds is 7. The first-order valence-electron chi connectivity index (χ1n) is 12.2. The second-order valence-corrected chi connectivity index (χ2v) is 9.86. The van der Waals surface area contributed by atoms with Crippen LogP contribution in [0.2, 0.25) is 10.2 Å². The Bertz CT molecular complexity index is 812. The third kappa shape index (κ3) is 6.97. The Hall–Kier alpha value is -1.59. The number of hydroxylamine groups is 2. The van der Waals surface area contributed by atoms with Gasteiger partial charge in [0.05, 0.1) is 26.3 Å². The number of carbonyl (C=O) groups is 1. The molecular weight excluding hydrogens is 481 g/mol. The minimum Gasteiger partial charge on any atom is -0.379 e. The molecule has 0 atom stereocenters. The van der Waals surface area contributed by atoms with Crippen molar-refractivity contribution in [2.24, 2.45) is 5.92 Å². The molecule has 0 spiro atoms. The molecule has 1 aromatic rings. The van der Waals surface area contributed by atoms with Crippen molar-refractivity contribution in [3.8, 4) is 0 Å². The lowest BCUT2D eigenvalue weighted by Crippen LogP contribution is -2.47. The van der Waals surface area contributed by atoms with E-state index in [1.54, 1.807) is 12.1 Å². The van der Waals surface area contributed by atoms with Crippen LogP contribution in [0.4, 0.5) is 16.6 Å². The molecule has 4 rings (SSSR count). The fourth-order valence-electron chi connectivity index (χ4n) is 4.82. The first-order valence-corrected chi connectivity index (χ1v) is 13.0. The number of morpholine rings is 1. The van der Waals surface area contributed by atoms with Gasteiger partial charge in [0.25, 0.3) is 0 Å². The zero-order chi connectivity index (χ0) is 23.9. The van der Waals surface area contributed by atoms with Gasteiger partial charge in [-0.05, 0) is 44.6 Å². The second-order valence-electron chi connectivity index (χ2n) is 9.13. The predicted molar refractivity (Wildman–Crippen MR) is 133 cm³/mol. The molecule has 2 N–H and O–H groups in total. The maximum Gasteiger partial charge on any atom is 0.426 e. The first kappa shape index (κ1) is 25.5. The largest absolute Gasteiger partial charge is 0.426 e. The van der Waals surface area contributed by atoms with E-state index in [0.29, 0.717) is 49.0 Å². The van der Waals surface area contributed by atoms with E-state index < -0.39 is 0 Å². The van der Waals surface area contributed by atoms with Gasteiger partial charge in [-0.1, -0.05) is 23.2 Å². The second kappa shape index (κ2) is 12.4. The molecular formula is C22H35Cl2N7O3. The molecule has 3 fully saturated rings. The van der Waals surface area contributed by atoms with Crippen molar-refractivity contribution in [1.29, 1.82) is 0 Å². The molecule has 1 saturated carbocycles. The smallest absolute Gasteiger partial charge is 0.379 e. The van der Waals surface area contributed by atoms with Crippen molar-refractivity contribution >= 4 is 41.1 Å². The molecule has 1 amide bonds. The molecule has 1 aromatic heterocycles. The van der Waals surface area contributed by atoms with Crippen LogP contribution < -0.4 is 15.5 Å². The Morgan fingerprint density at radius 2 is 1.76 bits per heavy atom. The van der Waals surface area contributed by atoms with E-state index in [1.165, 1.54) is 6.42 Å². The highest BCUT2D eigenvalue weighted by molar-refractivity contribution is 6.42. The number of piperazine rings is 1. The molecule has 0 radical (unpaired) electrons. The van der Waals surface area contributed by atoms with Gasteiger partial charge in [-0.25, -0.2) is 4.79 Å². The van der Waals surface area contributed by atoms with Gasteiger partial charge in [-0.3, -0.25) is 4.90 Å². The van der Waals surface area contributed by atoms with Crippen molar-refractivity contribution in [3.05, 3.63) is 10.2 Å². The summed E-state index contributed by atoms with van der Waals surface area (Å²) >= 11 is 12.5. The Balaban J connectivity index is 1.13. The lowest BCUT2D eigenvalue weighted by molar-refractivity contribution is -0.146. The molecule has 3 heterocycles. The van der Waals surface area contributed by atoms with E-state index in [9.17, 15) is 4.79 Å². The Morgan fingerprint density at radius 3 is 2.44 bits per heavy atom. The highest BCUT2D eigenvalue weighted by Crippen LogP contribution is 2.32. The molecule has 3 aliphatic rings. The number of aromatic nitrogens is 2. The zero-order valence-electron chi connectivity index (χ0n) is 19.8. The van der Waals surface area contributed by atoms with Crippen molar-refractivity contribution < 1.29 is 14.4 Å². The molecule has 1 aliphatic carbocycles. The van der Waals surface area contributed by atoms with Crippen LogP contribution in [0.1, 0.15) is 32.1 Å². The van der Waals surface area contributed by atoms with Crippen LogP contribution in [0.15, 0.2) is 0 Å². The van der Waals surface area contributed by atoms with Crippen LogP contribution >= 0.6 is 23.2 Å². The number of hydrogen-bond acceptors (Lipinski definition) is 9. The van der Waals surface area contributed by atoms with E-state index in [-0.39, 0.29) is 17.3 Å². The topological polar surface area (TPSA) is 95.1 Å². The lowest BCUT2D eigenvalue weighted by Gasteiger charge is -2.37. The van der Waals surface area contributed by atoms with Crippen molar-refractivity contribution in [2.75, 3.05) is 76.3 Å². The van der Waals surface area contributed by atoms with Gasteiger partial charge in [-0.15, -0.1) is 5.06 Å². The maximum atomic E-state index is 12.1. The van der Waals surface area contributed by atoms with Crippen molar-refractivity contribution in [2.45, 2.75) is 38.1 Å². The zero-order valence-corrected chi connectivity index (χ0v) is 21.3. The maximum absolute atomic E-state index is 12.1. The van der Waals surface area contributed by atoms with Crippen LogP contribution in [0.5, 0.6) is 0 Å². The summed E-state index contributed by atoms with van der Waals surface area (Å²) in [6, 6.07) is 0.209. The monoisotopic (exact) mass is 515 g/mol. The molecule has 0 unspecified atom stereocenters. The molecule has 10 nitrogen and oxygen atoms in total. The number of nitrogens with zero attached hydrogens (tertiary/aromatic N) is 5. The number of amides is 1. The third-order valence-electron chi connectivity index (χ3n) is 6.89. The number of nitrogens with one attached hydrogen (secondary N) is 2. The molecule has 0 aromatic carbocycles. The normalized spacial score (nSPS) is 24.6. The summed E-state index contributed by atoms with van der Waals surface area (Å²) in [7, 11) is 1.77. The van der Waals surface area contributed by atoms with Crippen LogP contribution in [0.3, 0.4) is 0 Å². The number of anilines is 2. The minimum atomic E-state index is -0.338. The summed E-state index contributed by atoms with van der Waals surface area (Å²) in [5.74, 6) is 1.88. The summed E-state index contributed by atoms with van der Waals surface area (Å²) in [4.78, 5) is 30.8. The first-order chi connectivity index (χ1) is 16.5. The highest BCUT2D eigenvalue weighted by atomic mass is 35.5. The number of ether oxygens (including phenoxy) is 1. The number of halogens is 2. The average Bonchev–Trinajstić information content (AvgIpc) is 2.86. The van der Waals surface area contributed by atoms with E-state index in [0.717, 1.165) is 58.4 Å². The van der Waals surface area contributed by atoms with E-state index in [4.69, 9.17) is 32.8 Å². The van der Waals surface area contributed by atoms with Crippen LogP contribution in [-0.4, -0.2) is 98.1 Å². The van der Waals surface area contributed by atoms with Crippen molar-refractivity contribution in [3.63, 3.8) is 0 Å². The van der Waals surface area contributed by atoms with E-state index in [2.05, 4.69) is 30.4 Å². The molecule has 190 valence electrons. The predicted octanol–water partition coefficient (Wildman–Crippen LogP) is 2.87. The molecule has 0 bridgehead atoms. The molecule has 34 heavy (non-hydrogen) atoms. The van der Waals surface area contributed by atoms with E-state index >= 15 is 0 Å². The standard InChI is InChI=1S/C22H35Cl2N7O3/c1-25-21-27-19(24)18(23)20(28-21)30-10-8-29(9-11-30)7-6-16-2-4-17(5-3-16)26-22(32)34-31-12-14-33-15-13-31/h16-17H,2-15H2,1H3,(H,26,32)(H,25,27,28). The summed E-state index contributed by atoms with van der Waals surface area (Å²) in [5.41, 5.74) is 0. The molecule has 2 saturated heterocycles. The fraction of sp³-hybridized carbons (Fsp3) is 0.773. The fourth-order valence-corrected chi connectivity index (χ4v) is 5.19. The minimum absolute atomic E-state index is 0.209. The van der Waals surface area contributed by atoms with Gasteiger partial charge in [0, 0.05) is 39.3 Å². The Kier molecular flexibility index (Phi) is 9.30. The highest BCUT2D eigenvalue weighted by Gasteiger charge is 2.26. The average molecular weight is 516 g/mol. The van der Waals surface area contributed by atoms with E-state index in [1.807, 2.05) is 0 Å². The molecule has 12 heteroatoms. The number of carbonyl (C=O) groups excluding carboxylic acids is 1. The summed E-state index contributed by atoms with van der Waals surface area (Å²) in [6.45, 7) is 7.22. The Labute approximate surface area is 211 Å². The van der Waals surface area contributed by atoms with Crippen LogP contribution in [-0.2, 0) is 9.57 Å². The van der Waals surface area contributed by atoms with Crippen LogP contribution in [0.25, 0.3) is 0 Å². The van der Waals surface area contributed by atoms with Gasteiger partial charge in [0.2, 0.25) is 5.95 Å². The lowest BCUT2D eigenvalue weighted by atomic mass is 9.84. The number of hydrogen-bond donors (Lipinski definition) is 2. The summed E-state index contributed by atoms with van der Waals surface area (Å²) < 4.78 is 5.28. The van der Waals surface area contributed by atoms with Gasteiger partial charge in [0.15, 0.2) is 11.0 Å². The van der Waals surface area contributed by atoms with Gasteiger partial charge < -0.3 is 25.1 Å². The summed E-state index contributed by atoms with van der Waals surface area (Å²) in [5, 5.41) is 8.33. The Morgan fingerprint density at radius 1 is 1.06 bits per heavy atom.